The van der Waals surface area contributed by atoms with E-state index in [4.69, 9.17) is 11.6 Å². The average molecular weight is 542 g/mol. The lowest BCUT2D eigenvalue weighted by Gasteiger charge is -2.32. The number of likely N-dealkylation sites (N-methyl/N-ethyl adjacent to an activating group) is 1. The van der Waals surface area contributed by atoms with Gasteiger partial charge in [-0.15, -0.1) is 0 Å². The van der Waals surface area contributed by atoms with Gasteiger partial charge in [0.15, 0.2) is 0 Å². The van der Waals surface area contributed by atoms with Crippen molar-refractivity contribution >= 4 is 39.1 Å². The summed E-state index contributed by atoms with van der Waals surface area (Å²) in [6, 6.07) is 19.6. The van der Waals surface area contributed by atoms with Crippen LogP contribution >= 0.6 is 11.6 Å². The van der Waals surface area contributed by atoms with E-state index < -0.39 is 28.5 Å². The van der Waals surface area contributed by atoms with Crippen molar-refractivity contribution in [3.8, 4) is 0 Å². The van der Waals surface area contributed by atoms with Crippen LogP contribution in [0, 0.1) is 13.8 Å². The zero-order valence-electron chi connectivity index (χ0n) is 21.4. The SMILES string of the molecule is CCNC(=O)[C@@H](C)N(Cc1ccccc1Cl)C(=O)CN(c1cccc(C)c1)S(=O)(=O)c1ccc(C)cc1. The van der Waals surface area contributed by atoms with E-state index in [1.807, 2.05) is 19.9 Å². The standard InChI is InChI=1S/C28H32ClN3O4S/c1-5-30-28(34)22(4)31(18-23-10-6-7-12-26(23)29)27(33)19-32(24-11-8-9-21(3)17-24)37(35,36)25-15-13-20(2)14-16-25/h6-17,22H,5,18-19H2,1-4H3,(H,30,34)/t22-/m1/s1. The molecule has 0 heterocycles. The van der Waals surface area contributed by atoms with Crippen LogP contribution in [0.25, 0.3) is 0 Å². The monoisotopic (exact) mass is 541 g/mol. The van der Waals surface area contributed by atoms with Crippen LogP contribution in [0.4, 0.5) is 5.69 Å². The van der Waals surface area contributed by atoms with Gasteiger partial charge in [0.05, 0.1) is 10.6 Å². The van der Waals surface area contributed by atoms with Gasteiger partial charge in [-0.25, -0.2) is 8.42 Å². The predicted octanol–water partition coefficient (Wildman–Crippen LogP) is 4.71. The molecule has 9 heteroatoms. The van der Waals surface area contributed by atoms with E-state index in [-0.39, 0.29) is 17.3 Å². The summed E-state index contributed by atoms with van der Waals surface area (Å²) in [7, 11) is -4.09. The van der Waals surface area contributed by atoms with Gasteiger partial charge in [0.1, 0.15) is 12.6 Å². The fraction of sp³-hybridized carbons (Fsp3) is 0.286. The number of carbonyl (C=O) groups excluding carboxylic acids is 2. The Morgan fingerprint density at radius 2 is 1.62 bits per heavy atom. The quantitative estimate of drug-likeness (QED) is 0.403. The summed E-state index contributed by atoms with van der Waals surface area (Å²) in [5.74, 6) is -0.873. The van der Waals surface area contributed by atoms with Crippen LogP contribution in [0.5, 0.6) is 0 Å². The minimum Gasteiger partial charge on any atom is -0.355 e. The van der Waals surface area contributed by atoms with Gasteiger partial charge < -0.3 is 10.2 Å². The Balaban J connectivity index is 2.04. The summed E-state index contributed by atoms with van der Waals surface area (Å²) in [6.45, 7) is 7.07. The van der Waals surface area contributed by atoms with Crippen LogP contribution in [0.3, 0.4) is 0 Å². The molecule has 0 unspecified atom stereocenters. The Hall–Kier alpha value is -3.36. The molecule has 0 aliphatic heterocycles. The van der Waals surface area contributed by atoms with Crippen molar-refractivity contribution in [3.63, 3.8) is 0 Å². The number of rotatable bonds is 10. The van der Waals surface area contributed by atoms with Crippen LogP contribution in [-0.2, 0) is 26.2 Å². The number of hydrogen-bond acceptors (Lipinski definition) is 4. The van der Waals surface area contributed by atoms with Crippen molar-refractivity contribution in [1.29, 1.82) is 0 Å². The van der Waals surface area contributed by atoms with Gasteiger partial charge in [0.25, 0.3) is 10.0 Å². The van der Waals surface area contributed by atoms with Gasteiger partial charge in [-0.1, -0.05) is 59.6 Å². The lowest BCUT2D eigenvalue weighted by molar-refractivity contribution is -0.139. The molecule has 0 saturated carbocycles. The van der Waals surface area contributed by atoms with E-state index in [0.717, 1.165) is 15.4 Å². The van der Waals surface area contributed by atoms with Crippen molar-refractivity contribution in [2.75, 3.05) is 17.4 Å². The molecule has 0 saturated heterocycles. The second-order valence-electron chi connectivity index (χ2n) is 8.85. The fourth-order valence-electron chi connectivity index (χ4n) is 3.86. The minimum absolute atomic E-state index is 0.0447. The molecule has 0 aliphatic carbocycles. The summed E-state index contributed by atoms with van der Waals surface area (Å²) in [5, 5.41) is 3.19. The lowest BCUT2D eigenvalue weighted by Crippen LogP contribution is -2.51. The molecular formula is C28H32ClN3O4S. The fourth-order valence-corrected chi connectivity index (χ4v) is 5.47. The first-order valence-electron chi connectivity index (χ1n) is 12.0. The van der Waals surface area contributed by atoms with Crippen LogP contribution in [0.15, 0.2) is 77.7 Å². The molecule has 37 heavy (non-hydrogen) atoms. The number of benzene rings is 3. The Morgan fingerprint density at radius 1 is 0.946 bits per heavy atom. The minimum atomic E-state index is -4.09. The maximum absolute atomic E-state index is 13.8. The molecule has 0 radical (unpaired) electrons. The van der Waals surface area contributed by atoms with Gasteiger partial charge in [-0.05, 0) is 69.2 Å². The molecule has 0 bridgehead atoms. The Kier molecular flexibility index (Phi) is 9.34. The molecule has 0 spiro atoms. The summed E-state index contributed by atoms with van der Waals surface area (Å²) >= 11 is 6.36. The summed E-state index contributed by atoms with van der Waals surface area (Å²) < 4.78 is 28.7. The topological polar surface area (TPSA) is 86.8 Å². The predicted molar refractivity (Wildman–Crippen MR) is 147 cm³/mol. The maximum Gasteiger partial charge on any atom is 0.264 e. The van der Waals surface area contributed by atoms with E-state index in [2.05, 4.69) is 5.32 Å². The van der Waals surface area contributed by atoms with Crippen molar-refractivity contribution < 1.29 is 18.0 Å². The highest BCUT2D eigenvalue weighted by Gasteiger charge is 2.32. The van der Waals surface area contributed by atoms with Gasteiger partial charge in [-0.3, -0.25) is 13.9 Å². The molecule has 3 rings (SSSR count). The number of anilines is 1. The normalized spacial score (nSPS) is 12.0. The molecule has 3 aromatic rings. The summed E-state index contributed by atoms with van der Waals surface area (Å²) in [4.78, 5) is 28.0. The van der Waals surface area contributed by atoms with E-state index in [1.54, 1.807) is 68.4 Å². The molecule has 3 aromatic carbocycles. The zero-order valence-corrected chi connectivity index (χ0v) is 23.0. The summed E-state index contributed by atoms with van der Waals surface area (Å²) in [5.41, 5.74) is 2.77. The Labute approximate surface area is 224 Å². The first-order valence-corrected chi connectivity index (χ1v) is 13.8. The van der Waals surface area contributed by atoms with E-state index in [1.165, 1.54) is 17.0 Å². The molecule has 2 amide bonds. The molecule has 0 fully saturated rings. The number of amides is 2. The van der Waals surface area contributed by atoms with Crippen LogP contribution in [0.1, 0.15) is 30.5 Å². The molecular weight excluding hydrogens is 510 g/mol. The van der Waals surface area contributed by atoms with Crippen molar-refractivity contribution in [3.05, 3.63) is 94.5 Å². The second kappa shape index (κ2) is 12.3. The maximum atomic E-state index is 13.8. The average Bonchev–Trinajstić information content (AvgIpc) is 2.86. The van der Waals surface area contributed by atoms with Gasteiger partial charge >= 0.3 is 0 Å². The van der Waals surface area contributed by atoms with E-state index in [0.29, 0.717) is 22.8 Å². The highest BCUT2D eigenvalue weighted by atomic mass is 35.5. The first kappa shape index (κ1) is 28.2. The highest BCUT2D eigenvalue weighted by Crippen LogP contribution is 2.26. The smallest absolute Gasteiger partial charge is 0.264 e. The number of hydrogen-bond donors (Lipinski definition) is 1. The van der Waals surface area contributed by atoms with Gasteiger partial charge in [0.2, 0.25) is 11.8 Å². The number of nitrogens with one attached hydrogen (secondary N) is 1. The third kappa shape index (κ3) is 6.90. The molecule has 0 aliphatic rings. The van der Waals surface area contributed by atoms with E-state index in [9.17, 15) is 18.0 Å². The number of halogens is 1. The zero-order chi connectivity index (χ0) is 27.2. The molecule has 1 N–H and O–H groups in total. The van der Waals surface area contributed by atoms with Crippen LogP contribution in [0.2, 0.25) is 5.02 Å². The Bertz CT molecular complexity index is 1360. The molecule has 7 nitrogen and oxygen atoms in total. The largest absolute Gasteiger partial charge is 0.355 e. The molecule has 1 atom stereocenters. The lowest BCUT2D eigenvalue weighted by atomic mass is 10.1. The third-order valence-corrected chi connectivity index (χ3v) is 8.15. The number of sulfonamides is 1. The van der Waals surface area contributed by atoms with Gasteiger partial charge in [0, 0.05) is 18.1 Å². The number of carbonyl (C=O) groups is 2. The first-order chi connectivity index (χ1) is 17.5. The van der Waals surface area contributed by atoms with Crippen molar-refractivity contribution in [2.45, 2.75) is 45.2 Å². The second-order valence-corrected chi connectivity index (χ2v) is 11.1. The number of nitrogens with zero attached hydrogens (tertiary/aromatic N) is 2. The van der Waals surface area contributed by atoms with Crippen molar-refractivity contribution in [1.82, 2.24) is 10.2 Å². The third-order valence-electron chi connectivity index (χ3n) is 5.99. The molecule has 196 valence electrons. The van der Waals surface area contributed by atoms with E-state index >= 15 is 0 Å². The Morgan fingerprint density at radius 3 is 2.24 bits per heavy atom. The molecule has 0 aromatic heterocycles. The highest BCUT2D eigenvalue weighted by molar-refractivity contribution is 7.92. The van der Waals surface area contributed by atoms with Gasteiger partial charge in [-0.2, -0.15) is 0 Å². The van der Waals surface area contributed by atoms with Crippen LogP contribution < -0.4 is 9.62 Å². The number of aryl methyl sites for hydroxylation is 2. The van der Waals surface area contributed by atoms with Crippen LogP contribution in [-0.4, -0.2) is 44.3 Å². The van der Waals surface area contributed by atoms with Crippen molar-refractivity contribution in [2.24, 2.45) is 0 Å². The summed E-state index contributed by atoms with van der Waals surface area (Å²) in [6.07, 6.45) is 0.